The minimum atomic E-state index is 0.601. The summed E-state index contributed by atoms with van der Waals surface area (Å²) in [5.41, 5.74) is 5.90. The molecular weight excluding hydrogens is 170 g/mol. The largest absolute Gasteiger partial charge is 0.310 e. The molecule has 0 aromatic heterocycles. The van der Waals surface area contributed by atoms with Gasteiger partial charge in [0.1, 0.15) is 0 Å². The molecule has 1 aliphatic heterocycles. The summed E-state index contributed by atoms with van der Waals surface area (Å²) in [6, 6.07) is 5.22. The fraction of sp³-hybridized carbons (Fsp3) is 0.538. The molecule has 14 heavy (non-hydrogen) atoms. The van der Waals surface area contributed by atoms with E-state index < -0.39 is 0 Å². The predicted octanol–water partition coefficient (Wildman–Crippen LogP) is 2.90. The lowest BCUT2D eigenvalue weighted by atomic mass is 9.83. The van der Waals surface area contributed by atoms with E-state index in [2.05, 4.69) is 45.1 Å². The Labute approximate surface area is 86.5 Å². The van der Waals surface area contributed by atoms with Gasteiger partial charge in [-0.3, -0.25) is 0 Å². The summed E-state index contributed by atoms with van der Waals surface area (Å²) in [5, 5.41) is 3.54. The Balaban J connectivity index is 2.54. The molecule has 2 unspecified atom stereocenters. The average Bonchev–Trinajstić information content (AvgIpc) is 2.10. The van der Waals surface area contributed by atoms with Gasteiger partial charge in [-0.15, -0.1) is 0 Å². The van der Waals surface area contributed by atoms with E-state index in [9.17, 15) is 0 Å². The monoisotopic (exact) mass is 189 g/mol. The SMILES string of the molecule is Cc1cc(C)c2c(c1)CNC(C)C2C. The quantitative estimate of drug-likeness (QED) is 0.661. The molecule has 0 saturated heterocycles. The highest BCUT2D eigenvalue weighted by molar-refractivity contribution is 5.42. The van der Waals surface area contributed by atoms with Crippen LogP contribution in [0.4, 0.5) is 0 Å². The first-order valence-corrected chi connectivity index (χ1v) is 5.43. The summed E-state index contributed by atoms with van der Waals surface area (Å²) >= 11 is 0. The van der Waals surface area contributed by atoms with Gasteiger partial charge in [-0.2, -0.15) is 0 Å². The summed E-state index contributed by atoms with van der Waals surface area (Å²) in [6.07, 6.45) is 0. The summed E-state index contributed by atoms with van der Waals surface area (Å²) < 4.78 is 0. The van der Waals surface area contributed by atoms with Gasteiger partial charge in [0.25, 0.3) is 0 Å². The lowest BCUT2D eigenvalue weighted by Crippen LogP contribution is -2.36. The lowest BCUT2D eigenvalue weighted by molar-refractivity contribution is 0.447. The van der Waals surface area contributed by atoms with E-state index in [-0.39, 0.29) is 0 Å². The van der Waals surface area contributed by atoms with Gasteiger partial charge < -0.3 is 5.32 Å². The predicted molar refractivity (Wildman–Crippen MR) is 60.6 cm³/mol. The maximum atomic E-state index is 3.54. The fourth-order valence-corrected chi connectivity index (χ4v) is 2.56. The molecule has 1 aromatic rings. The highest BCUT2D eigenvalue weighted by atomic mass is 14.9. The Bertz CT molecular complexity index is 354. The number of benzene rings is 1. The Hall–Kier alpha value is -0.820. The van der Waals surface area contributed by atoms with Crippen molar-refractivity contribution in [2.75, 3.05) is 0 Å². The van der Waals surface area contributed by atoms with Crippen LogP contribution in [0.1, 0.15) is 42.0 Å². The van der Waals surface area contributed by atoms with E-state index in [1.165, 1.54) is 16.7 Å². The molecule has 1 heterocycles. The zero-order valence-electron chi connectivity index (χ0n) is 9.52. The summed E-state index contributed by atoms with van der Waals surface area (Å²) in [7, 11) is 0. The number of nitrogens with one attached hydrogen (secondary N) is 1. The first kappa shape index (κ1) is 9.72. The number of hydrogen-bond donors (Lipinski definition) is 1. The highest BCUT2D eigenvalue weighted by Gasteiger charge is 2.23. The highest BCUT2D eigenvalue weighted by Crippen LogP contribution is 2.31. The fourth-order valence-electron chi connectivity index (χ4n) is 2.56. The zero-order chi connectivity index (χ0) is 10.3. The minimum absolute atomic E-state index is 0.601. The van der Waals surface area contributed by atoms with Crippen molar-refractivity contribution in [3.05, 3.63) is 34.4 Å². The third kappa shape index (κ3) is 1.46. The molecule has 1 heteroatoms. The van der Waals surface area contributed by atoms with E-state index in [0.717, 1.165) is 6.54 Å². The van der Waals surface area contributed by atoms with Gasteiger partial charge in [-0.1, -0.05) is 24.6 Å². The van der Waals surface area contributed by atoms with Crippen LogP contribution in [0.15, 0.2) is 12.1 Å². The second kappa shape index (κ2) is 3.39. The molecule has 1 nitrogen and oxygen atoms in total. The average molecular weight is 189 g/mol. The van der Waals surface area contributed by atoms with Crippen molar-refractivity contribution in [1.29, 1.82) is 0 Å². The summed E-state index contributed by atoms with van der Waals surface area (Å²) in [5.74, 6) is 0.638. The van der Waals surface area contributed by atoms with Crippen LogP contribution >= 0.6 is 0 Å². The second-order valence-corrected chi connectivity index (χ2v) is 4.61. The van der Waals surface area contributed by atoms with Crippen LogP contribution in [-0.4, -0.2) is 6.04 Å². The zero-order valence-corrected chi connectivity index (χ0v) is 9.52. The van der Waals surface area contributed by atoms with E-state index in [1.54, 1.807) is 5.56 Å². The van der Waals surface area contributed by atoms with E-state index in [0.29, 0.717) is 12.0 Å². The molecule has 2 rings (SSSR count). The van der Waals surface area contributed by atoms with Crippen molar-refractivity contribution in [3.8, 4) is 0 Å². The first-order chi connectivity index (χ1) is 6.59. The normalized spacial score (nSPS) is 26.0. The van der Waals surface area contributed by atoms with Gasteiger partial charge in [0.2, 0.25) is 0 Å². The number of hydrogen-bond acceptors (Lipinski definition) is 1. The Kier molecular flexibility index (Phi) is 2.36. The second-order valence-electron chi connectivity index (χ2n) is 4.61. The van der Waals surface area contributed by atoms with Crippen molar-refractivity contribution >= 4 is 0 Å². The standard InChI is InChI=1S/C13H19N/c1-8-5-9(2)13-10(3)11(4)14-7-12(13)6-8/h5-6,10-11,14H,7H2,1-4H3. The molecular formula is C13H19N. The molecule has 2 atom stereocenters. The molecule has 1 aliphatic rings. The van der Waals surface area contributed by atoms with Gasteiger partial charge in [-0.05, 0) is 43.4 Å². The van der Waals surface area contributed by atoms with Crippen molar-refractivity contribution in [2.24, 2.45) is 0 Å². The van der Waals surface area contributed by atoms with Crippen LogP contribution in [-0.2, 0) is 6.54 Å². The number of fused-ring (bicyclic) bond motifs is 1. The van der Waals surface area contributed by atoms with Crippen LogP contribution in [0.2, 0.25) is 0 Å². The lowest BCUT2D eigenvalue weighted by Gasteiger charge is -2.31. The molecule has 76 valence electrons. The molecule has 0 fully saturated rings. The van der Waals surface area contributed by atoms with Gasteiger partial charge in [0.05, 0.1) is 0 Å². The Morgan fingerprint density at radius 3 is 2.64 bits per heavy atom. The van der Waals surface area contributed by atoms with E-state index in [4.69, 9.17) is 0 Å². The minimum Gasteiger partial charge on any atom is -0.310 e. The van der Waals surface area contributed by atoms with Gasteiger partial charge in [-0.25, -0.2) is 0 Å². The third-order valence-electron chi connectivity index (χ3n) is 3.44. The molecule has 0 spiro atoms. The van der Waals surface area contributed by atoms with Crippen LogP contribution in [0.3, 0.4) is 0 Å². The number of rotatable bonds is 0. The summed E-state index contributed by atoms with van der Waals surface area (Å²) in [4.78, 5) is 0. The van der Waals surface area contributed by atoms with Crippen molar-refractivity contribution in [3.63, 3.8) is 0 Å². The van der Waals surface area contributed by atoms with Crippen molar-refractivity contribution < 1.29 is 0 Å². The van der Waals surface area contributed by atoms with Crippen LogP contribution in [0.25, 0.3) is 0 Å². The molecule has 0 saturated carbocycles. The van der Waals surface area contributed by atoms with Crippen molar-refractivity contribution in [2.45, 2.75) is 46.2 Å². The molecule has 1 N–H and O–H groups in total. The maximum absolute atomic E-state index is 3.54. The smallest absolute Gasteiger partial charge is 0.0211 e. The molecule has 0 radical (unpaired) electrons. The van der Waals surface area contributed by atoms with Crippen molar-refractivity contribution in [1.82, 2.24) is 5.32 Å². The van der Waals surface area contributed by atoms with Crippen LogP contribution in [0.5, 0.6) is 0 Å². The molecule has 0 aliphatic carbocycles. The van der Waals surface area contributed by atoms with Gasteiger partial charge in [0.15, 0.2) is 0 Å². The van der Waals surface area contributed by atoms with Gasteiger partial charge >= 0.3 is 0 Å². The van der Waals surface area contributed by atoms with Crippen LogP contribution in [0, 0.1) is 13.8 Å². The molecule has 0 amide bonds. The Morgan fingerprint density at radius 2 is 1.93 bits per heavy atom. The Morgan fingerprint density at radius 1 is 1.21 bits per heavy atom. The van der Waals surface area contributed by atoms with Crippen LogP contribution < -0.4 is 5.32 Å². The number of aryl methyl sites for hydroxylation is 2. The summed E-state index contributed by atoms with van der Waals surface area (Å²) in [6.45, 7) is 10.0. The molecule has 0 bridgehead atoms. The first-order valence-electron chi connectivity index (χ1n) is 5.43. The van der Waals surface area contributed by atoms with Gasteiger partial charge in [0, 0.05) is 12.6 Å². The topological polar surface area (TPSA) is 12.0 Å². The van der Waals surface area contributed by atoms with E-state index in [1.807, 2.05) is 0 Å². The van der Waals surface area contributed by atoms with E-state index >= 15 is 0 Å². The third-order valence-corrected chi connectivity index (χ3v) is 3.44. The molecule has 1 aromatic carbocycles. The maximum Gasteiger partial charge on any atom is 0.0211 e.